The van der Waals surface area contributed by atoms with Crippen molar-refractivity contribution in [3.63, 3.8) is 0 Å². The van der Waals surface area contributed by atoms with E-state index in [0.29, 0.717) is 37.6 Å². The van der Waals surface area contributed by atoms with Crippen LogP contribution in [0.2, 0.25) is 0 Å². The average Bonchev–Trinajstić information content (AvgIpc) is 2.82. The summed E-state index contributed by atoms with van der Waals surface area (Å²) in [7, 11) is 1.57. The van der Waals surface area contributed by atoms with Gasteiger partial charge in [-0.25, -0.2) is 5.01 Å². The van der Waals surface area contributed by atoms with Crippen molar-refractivity contribution in [1.82, 2.24) is 10.3 Å². The van der Waals surface area contributed by atoms with E-state index < -0.39 is 0 Å². The molecular weight excluding hydrogens is 222 g/mol. The van der Waals surface area contributed by atoms with Crippen LogP contribution in [0.3, 0.4) is 0 Å². The average molecular weight is 239 g/mol. The second-order valence-corrected chi connectivity index (χ2v) is 4.40. The van der Waals surface area contributed by atoms with Crippen LogP contribution >= 0.6 is 0 Å². The summed E-state index contributed by atoms with van der Waals surface area (Å²) in [6, 6.07) is 0. The number of nitrogens with zero attached hydrogens (tertiary/aromatic N) is 2. The van der Waals surface area contributed by atoms with Crippen LogP contribution < -0.4 is 5.32 Å². The van der Waals surface area contributed by atoms with Crippen molar-refractivity contribution in [2.45, 2.75) is 19.3 Å². The number of carbonyl (C=O) groups excluding carboxylic acids is 2. The first-order valence-electron chi connectivity index (χ1n) is 5.87. The summed E-state index contributed by atoms with van der Waals surface area (Å²) < 4.78 is 5.23. The zero-order chi connectivity index (χ0) is 12.3. The molecule has 0 unspecified atom stereocenters. The van der Waals surface area contributed by atoms with Gasteiger partial charge in [0.15, 0.2) is 0 Å². The first-order valence-corrected chi connectivity index (χ1v) is 5.87. The predicted octanol–water partition coefficient (Wildman–Crippen LogP) is -0.253. The number of nitrogens with one attached hydrogen (secondary N) is 1. The summed E-state index contributed by atoms with van der Waals surface area (Å²) in [4.78, 5) is 23.0. The molecule has 6 heteroatoms. The molecule has 1 saturated heterocycles. The van der Waals surface area contributed by atoms with Gasteiger partial charge in [-0.05, 0) is 6.42 Å². The van der Waals surface area contributed by atoms with Crippen LogP contribution in [0.4, 0.5) is 0 Å². The van der Waals surface area contributed by atoms with Crippen molar-refractivity contribution in [2.75, 3.05) is 26.8 Å². The van der Waals surface area contributed by atoms with E-state index in [4.69, 9.17) is 4.74 Å². The maximum absolute atomic E-state index is 11.8. The van der Waals surface area contributed by atoms with Crippen molar-refractivity contribution < 1.29 is 14.3 Å². The Labute approximate surface area is 100.0 Å². The zero-order valence-corrected chi connectivity index (χ0v) is 9.94. The Morgan fingerprint density at radius 3 is 3.06 bits per heavy atom. The molecule has 1 fully saturated rings. The molecule has 0 aromatic rings. The molecule has 0 spiro atoms. The minimum absolute atomic E-state index is 0.0502. The molecule has 2 aliphatic rings. The van der Waals surface area contributed by atoms with Crippen molar-refractivity contribution in [3.8, 4) is 0 Å². The Balaban J connectivity index is 1.83. The maximum Gasteiger partial charge on any atom is 0.267 e. The number of rotatable bonds is 3. The lowest BCUT2D eigenvalue weighted by molar-refractivity contribution is -0.130. The van der Waals surface area contributed by atoms with Gasteiger partial charge in [-0.2, -0.15) is 5.10 Å². The molecule has 94 valence electrons. The predicted molar refractivity (Wildman–Crippen MR) is 61.4 cm³/mol. The first kappa shape index (κ1) is 12.0. The van der Waals surface area contributed by atoms with Crippen LogP contribution in [-0.2, 0) is 14.3 Å². The minimum Gasteiger partial charge on any atom is -0.381 e. The van der Waals surface area contributed by atoms with Gasteiger partial charge < -0.3 is 10.1 Å². The lowest BCUT2D eigenvalue weighted by Gasteiger charge is -2.19. The highest BCUT2D eigenvalue weighted by molar-refractivity contribution is 6.39. The molecule has 0 bridgehead atoms. The van der Waals surface area contributed by atoms with Crippen LogP contribution in [-0.4, -0.2) is 49.3 Å². The molecular formula is C11H17N3O3. The quantitative estimate of drug-likeness (QED) is 0.738. The molecule has 1 N–H and O–H groups in total. The highest BCUT2D eigenvalue weighted by atomic mass is 16.5. The smallest absolute Gasteiger partial charge is 0.267 e. The molecule has 2 rings (SSSR count). The van der Waals surface area contributed by atoms with Crippen molar-refractivity contribution in [2.24, 2.45) is 11.0 Å². The lowest BCUT2D eigenvalue weighted by Crippen LogP contribution is -2.39. The number of hydrogen-bond acceptors (Lipinski definition) is 4. The van der Waals surface area contributed by atoms with Crippen LogP contribution in [0.1, 0.15) is 19.3 Å². The second kappa shape index (κ2) is 5.27. The Kier molecular flexibility index (Phi) is 3.73. The standard InChI is InChI=1S/C11H17N3O3/c1-14-10(15)3-2-9(13-14)11(16)12-6-8-4-5-17-7-8/h8H,2-7H2,1H3,(H,12,16)/t8-/m1/s1. The van der Waals surface area contributed by atoms with Crippen molar-refractivity contribution >= 4 is 17.5 Å². The Morgan fingerprint density at radius 1 is 1.59 bits per heavy atom. The molecule has 0 saturated carbocycles. The molecule has 0 aliphatic carbocycles. The topological polar surface area (TPSA) is 71.0 Å². The van der Waals surface area contributed by atoms with E-state index in [1.165, 1.54) is 5.01 Å². The third-order valence-electron chi connectivity index (χ3n) is 3.04. The Hall–Kier alpha value is -1.43. The van der Waals surface area contributed by atoms with Crippen LogP contribution in [0.25, 0.3) is 0 Å². The SMILES string of the molecule is CN1N=C(C(=O)NC[C@H]2CCOC2)CCC1=O. The van der Waals surface area contributed by atoms with Gasteiger partial charge in [0.05, 0.1) is 6.61 Å². The number of ether oxygens (including phenoxy) is 1. The fourth-order valence-electron chi connectivity index (χ4n) is 1.92. The van der Waals surface area contributed by atoms with Gasteiger partial charge in [-0.1, -0.05) is 0 Å². The summed E-state index contributed by atoms with van der Waals surface area (Å²) in [5.74, 6) is 0.185. The van der Waals surface area contributed by atoms with E-state index in [2.05, 4.69) is 10.4 Å². The lowest BCUT2D eigenvalue weighted by atomic mass is 10.1. The largest absolute Gasteiger partial charge is 0.381 e. The van der Waals surface area contributed by atoms with Gasteiger partial charge >= 0.3 is 0 Å². The summed E-state index contributed by atoms with van der Waals surface area (Å²) in [6.45, 7) is 2.11. The second-order valence-electron chi connectivity index (χ2n) is 4.40. The third-order valence-corrected chi connectivity index (χ3v) is 3.04. The molecule has 17 heavy (non-hydrogen) atoms. The molecule has 2 aliphatic heterocycles. The fraction of sp³-hybridized carbons (Fsp3) is 0.727. The van der Waals surface area contributed by atoms with Crippen molar-refractivity contribution in [3.05, 3.63) is 0 Å². The van der Waals surface area contributed by atoms with Gasteiger partial charge in [0.2, 0.25) is 5.91 Å². The van der Waals surface area contributed by atoms with Gasteiger partial charge in [0, 0.05) is 39.0 Å². The zero-order valence-electron chi connectivity index (χ0n) is 9.94. The highest BCUT2D eigenvalue weighted by Crippen LogP contribution is 2.11. The minimum atomic E-state index is -0.170. The molecule has 2 amide bonds. The van der Waals surface area contributed by atoms with Gasteiger partial charge in [0.25, 0.3) is 5.91 Å². The van der Waals surface area contributed by atoms with Gasteiger partial charge in [-0.3, -0.25) is 9.59 Å². The molecule has 6 nitrogen and oxygen atoms in total. The Bertz CT molecular complexity index is 348. The fourth-order valence-corrected chi connectivity index (χ4v) is 1.92. The number of hydrogen-bond donors (Lipinski definition) is 1. The summed E-state index contributed by atoms with van der Waals surface area (Å²) in [5, 5.41) is 8.04. The van der Waals surface area contributed by atoms with E-state index in [9.17, 15) is 9.59 Å². The van der Waals surface area contributed by atoms with Crippen LogP contribution in [0.15, 0.2) is 5.10 Å². The summed E-state index contributed by atoms with van der Waals surface area (Å²) in [6.07, 6.45) is 1.77. The molecule has 0 radical (unpaired) electrons. The third kappa shape index (κ3) is 3.03. The van der Waals surface area contributed by atoms with Gasteiger partial charge in [0.1, 0.15) is 5.71 Å². The molecule has 0 aromatic carbocycles. The first-order chi connectivity index (χ1) is 8.16. The molecule has 1 atom stereocenters. The monoisotopic (exact) mass is 239 g/mol. The highest BCUT2D eigenvalue weighted by Gasteiger charge is 2.23. The molecule has 2 heterocycles. The Morgan fingerprint density at radius 2 is 2.41 bits per heavy atom. The van der Waals surface area contributed by atoms with Crippen molar-refractivity contribution in [1.29, 1.82) is 0 Å². The number of amides is 2. The van der Waals surface area contributed by atoms with E-state index in [-0.39, 0.29) is 11.8 Å². The van der Waals surface area contributed by atoms with Crippen LogP contribution in [0, 0.1) is 5.92 Å². The number of hydrazone groups is 1. The van der Waals surface area contributed by atoms with E-state index in [1.807, 2.05) is 0 Å². The maximum atomic E-state index is 11.8. The van der Waals surface area contributed by atoms with Crippen LogP contribution in [0.5, 0.6) is 0 Å². The summed E-state index contributed by atoms with van der Waals surface area (Å²) >= 11 is 0. The summed E-state index contributed by atoms with van der Waals surface area (Å²) in [5.41, 5.74) is 0.436. The van der Waals surface area contributed by atoms with E-state index in [0.717, 1.165) is 13.0 Å². The van der Waals surface area contributed by atoms with E-state index >= 15 is 0 Å². The normalized spacial score (nSPS) is 24.8. The molecule has 0 aromatic heterocycles. The number of carbonyl (C=O) groups is 2. The van der Waals surface area contributed by atoms with Gasteiger partial charge in [-0.15, -0.1) is 0 Å². The van der Waals surface area contributed by atoms with E-state index in [1.54, 1.807) is 7.05 Å².